The maximum absolute atomic E-state index is 13.2. The summed E-state index contributed by atoms with van der Waals surface area (Å²) in [5, 5.41) is 5.83. The highest BCUT2D eigenvalue weighted by atomic mass is 35.5. The van der Waals surface area contributed by atoms with Crippen molar-refractivity contribution in [1.82, 2.24) is 4.90 Å². The number of carbonyl (C=O) groups is 1. The normalized spacial score (nSPS) is 13.8. The van der Waals surface area contributed by atoms with Crippen LogP contribution in [0.2, 0.25) is 5.02 Å². The molecule has 0 atom stereocenters. The number of quaternary nitrogens is 1. The molecule has 0 aliphatic carbocycles. The van der Waals surface area contributed by atoms with Crippen molar-refractivity contribution in [2.24, 2.45) is 0 Å². The molecule has 0 saturated carbocycles. The van der Waals surface area contributed by atoms with Gasteiger partial charge in [-0.2, -0.15) is 0 Å². The minimum Gasteiger partial charge on any atom is -0.450 e. The molecular weight excluding hydrogens is 446 g/mol. The van der Waals surface area contributed by atoms with Crippen molar-refractivity contribution in [3.8, 4) is 16.9 Å². The zero-order valence-electron chi connectivity index (χ0n) is 20.1. The van der Waals surface area contributed by atoms with Crippen molar-refractivity contribution in [3.05, 3.63) is 95.3 Å². The Morgan fingerprint density at radius 2 is 1.47 bits per heavy atom. The van der Waals surface area contributed by atoms with Gasteiger partial charge in [0.05, 0.1) is 31.9 Å². The van der Waals surface area contributed by atoms with E-state index in [2.05, 4.69) is 27.7 Å². The monoisotopic (exact) mass is 478 g/mol. The summed E-state index contributed by atoms with van der Waals surface area (Å²) in [6, 6.07) is 25.0. The lowest BCUT2D eigenvalue weighted by molar-refractivity contribution is -0.662. The number of hydrogen-bond acceptors (Lipinski definition) is 3. The third kappa shape index (κ3) is 6.86. The molecule has 0 spiro atoms. The number of halogens is 1. The highest BCUT2D eigenvalue weighted by Gasteiger charge is 2.22. The molecule has 1 saturated heterocycles. The number of piperazine rings is 1. The van der Waals surface area contributed by atoms with Crippen LogP contribution in [0.15, 0.2) is 90.3 Å². The highest BCUT2D eigenvalue weighted by Crippen LogP contribution is 2.25. The lowest BCUT2D eigenvalue weighted by Gasteiger charge is -2.29. The summed E-state index contributed by atoms with van der Waals surface area (Å²) in [7, 11) is 0. The molecule has 34 heavy (non-hydrogen) atoms. The molecule has 1 heterocycles. The molecule has 0 aromatic heterocycles. The predicted molar refractivity (Wildman–Crippen MR) is 140 cm³/mol. The van der Waals surface area contributed by atoms with E-state index < -0.39 is 0 Å². The molecule has 3 aromatic carbocycles. The number of ether oxygens (including phenoxy) is 1. The lowest BCUT2D eigenvalue weighted by Crippen LogP contribution is -2.89. The van der Waals surface area contributed by atoms with Crippen LogP contribution < -0.4 is 15.4 Å². The molecule has 178 valence electrons. The molecule has 1 aliphatic rings. The molecule has 0 unspecified atom stereocenters. The van der Waals surface area contributed by atoms with E-state index in [-0.39, 0.29) is 5.91 Å². The second-order valence-electron chi connectivity index (χ2n) is 7.72. The van der Waals surface area contributed by atoms with Gasteiger partial charge < -0.3 is 20.3 Å². The zero-order chi connectivity index (χ0) is 24.3. The number of amides is 1. The van der Waals surface area contributed by atoms with Gasteiger partial charge in [0.2, 0.25) is 5.76 Å². The van der Waals surface area contributed by atoms with Crippen molar-refractivity contribution in [2.45, 2.75) is 20.8 Å². The smallest absolute Gasteiger partial charge is 0.293 e. The summed E-state index contributed by atoms with van der Waals surface area (Å²) in [5.74, 6) is 0.634. The Hall–Kier alpha value is -3.28. The standard InChI is InChI=1S/C26H26ClN3O2.C2H6/c1-19(30-17-15-28-16-18-30)25(26(31)29-23-11-9-22(27)10-12-23)32-24-13-7-21(8-14-24)20-5-3-2-4-6-20;1-2/h2-14,28H,15-18H2,1H3,(H,29,31);1-2H3/p+1/b25-19-;. The molecule has 1 aliphatic heterocycles. The summed E-state index contributed by atoms with van der Waals surface area (Å²) in [6.07, 6.45) is 0. The van der Waals surface area contributed by atoms with Crippen LogP contribution in [0, 0.1) is 0 Å². The molecule has 4 rings (SSSR count). The van der Waals surface area contributed by atoms with Gasteiger partial charge in [-0.15, -0.1) is 0 Å². The maximum Gasteiger partial charge on any atom is 0.293 e. The van der Waals surface area contributed by atoms with E-state index >= 15 is 0 Å². The number of anilines is 1. The summed E-state index contributed by atoms with van der Waals surface area (Å²) in [6.45, 7) is 9.69. The number of hydrogen-bond donors (Lipinski definition) is 2. The van der Waals surface area contributed by atoms with E-state index in [1.807, 2.05) is 63.2 Å². The summed E-state index contributed by atoms with van der Waals surface area (Å²) >= 11 is 5.97. The van der Waals surface area contributed by atoms with Crippen LogP contribution in [0.5, 0.6) is 5.75 Å². The second-order valence-corrected chi connectivity index (χ2v) is 8.16. The van der Waals surface area contributed by atoms with Gasteiger partial charge in [-0.3, -0.25) is 4.79 Å². The molecule has 3 aromatic rings. The van der Waals surface area contributed by atoms with E-state index in [0.717, 1.165) is 43.0 Å². The Kier molecular flexibility index (Phi) is 9.56. The zero-order valence-corrected chi connectivity index (χ0v) is 20.8. The number of benzene rings is 3. The molecule has 1 amide bonds. The summed E-state index contributed by atoms with van der Waals surface area (Å²) in [5.41, 5.74) is 3.73. The van der Waals surface area contributed by atoms with Gasteiger partial charge in [0.15, 0.2) is 0 Å². The van der Waals surface area contributed by atoms with Crippen molar-refractivity contribution < 1.29 is 14.8 Å². The minimum atomic E-state index is -0.286. The van der Waals surface area contributed by atoms with Crippen LogP contribution in [0.1, 0.15) is 20.8 Å². The average Bonchev–Trinajstić information content (AvgIpc) is 2.90. The Morgan fingerprint density at radius 1 is 0.882 bits per heavy atom. The first-order valence-corrected chi connectivity index (χ1v) is 12.2. The average molecular weight is 479 g/mol. The van der Waals surface area contributed by atoms with Gasteiger partial charge in [0.25, 0.3) is 5.91 Å². The third-order valence-corrected chi connectivity index (χ3v) is 5.75. The van der Waals surface area contributed by atoms with E-state index in [0.29, 0.717) is 22.2 Å². The second kappa shape index (κ2) is 12.8. The van der Waals surface area contributed by atoms with Crippen LogP contribution in [-0.2, 0) is 4.79 Å². The van der Waals surface area contributed by atoms with Crippen LogP contribution in [0.4, 0.5) is 5.69 Å². The van der Waals surface area contributed by atoms with Gasteiger partial charge in [-0.1, -0.05) is 67.9 Å². The Morgan fingerprint density at radius 3 is 2.09 bits per heavy atom. The van der Waals surface area contributed by atoms with Crippen LogP contribution in [-0.4, -0.2) is 37.0 Å². The minimum absolute atomic E-state index is 0.286. The van der Waals surface area contributed by atoms with Crippen molar-refractivity contribution in [3.63, 3.8) is 0 Å². The molecular formula is C28H33ClN3O2+. The fraction of sp³-hybridized carbons (Fsp3) is 0.250. The number of nitrogens with zero attached hydrogens (tertiary/aromatic N) is 1. The van der Waals surface area contributed by atoms with Crippen molar-refractivity contribution in [1.29, 1.82) is 0 Å². The maximum atomic E-state index is 13.2. The van der Waals surface area contributed by atoms with Crippen molar-refractivity contribution >= 4 is 23.2 Å². The summed E-state index contributed by atoms with van der Waals surface area (Å²) < 4.78 is 6.17. The SMILES string of the molecule is C/C(=C(/Oc1ccc(-c2ccccc2)cc1)C(=O)Nc1ccc(Cl)cc1)N1CC[NH2+]CC1.CC. The first kappa shape index (κ1) is 25.3. The first-order valence-electron chi connectivity index (χ1n) is 11.8. The molecule has 6 heteroatoms. The van der Waals surface area contributed by atoms with Gasteiger partial charge in [-0.25, -0.2) is 0 Å². The number of rotatable bonds is 6. The quantitative estimate of drug-likeness (QED) is 0.380. The van der Waals surface area contributed by atoms with Crippen molar-refractivity contribution in [2.75, 3.05) is 31.5 Å². The molecule has 5 nitrogen and oxygen atoms in total. The fourth-order valence-electron chi connectivity index (χ4n) is 3.70. The Bertz CT molecular complexity index is 1070. The Balaban J connectivity index is 0.00000158. The number of nitrogens with two attached hydrogens (primary N) is 1. The van der Waals surface area contributed by atoms with E-state index in [1.54, 1.807) is 24.3 Å². The summed E-state index contributed by atoms with van der Waals surface area (Å²) in [4.78, 5) is 15.4. The van der Waals surface area contributed by atoms with Gasteiger partial charge >= 0.3 is 0 Å². The molecule has 0 bridgehead atoms. The Labute approximate surface area is 207 Å². The number of carbonyl (C=O) groups excluding carboxylic acids is 1. The van der Waals surface area contributed by atoms with E-state index in [1.165, 1.54) is 0 Å². The molecule has 3 N–H and O–H groups in total. The lowest BCUT2D eigenvalue weighted by atomic mass is 10.1. The van der Waals surface area contributed by atoms with Gasteiger partial charge in [-0.05, 0) is 54.4 Å². The van der Waals surface area contributed by atoms with Crippen LogP contribution in [0.25, 0.3) is 11.1 Å². The van der Waals surface area contributed by atoms with Gasteiger partial charge in [0, 0.05) is 10.7 Å². The third-order valence-electron chi connectivity index (χ3n) is 5.50. The topological polar surface area (TPSA) is 58.2 Å². The first-order chi connectivity index (χ1) is 16.6. The largest absolute Gasteiger partial charge is 0.450 e. The fourth-order valence-corrected chi connectivity index (χ4v) is 3.82. The van der Waals surface area contributed by atoms with E-state index in [9.17, 15) is 4.79 Å². The molecule has 1 fully saturated rings. The number of nitrogens with one attached hydrogen (secondary N) is 1. The number of allylic oxidation sites excluding steroid dienone is 1. The van der Waals surface area contributed by atoms with Crippen LogP contribution >= 0.6 is 11.6 Å². The van der Waals surface area contributed by atoms with Crippen LogP contribution in [0.3, 0.4) is 0 Å². The van der Waals surface area contributed by atoms with E-state index in [4.69, 9.17) is 16.3 Å². The van der Waals surface area contributed by atoms with Gasteiger partial charge in [0.1, 0.15) is 5.75 Å². The predicted octanol–water partition coefficient (Wildman–Crippen LogP) is 5.16. The molecule has 0 radical (unpaired) electrons. The highest BCUT2D eigenvalue weighted by molar-refractivity contribution is 6.30.